The van der Waals surface area contributed by atoms with Crippen molar-refractivity contribution in [2.24, 2.45) is 0 Å². The van der Waals surface area contributed by atoms with Gasteiger partial charge in [-0.15, -0.1) is 0 Å². The largest absolute Gasteiger partial charge is 0.370 e. The Hall–Kier alpha value is -0.320. The molecule has 0 aliphatic rings. The van der Waals surface area contributed by atoms with Crippen molar-refractivity contribution in [3.05, 3.63) is 0 Å². The molecule has 0 N–H and O–H groups in total. The molecular weight excluding hydrogens is 232 g/mol. The van der Waals surface area contributed by atoms with Gasteiger partial charge in [-0.25, -0.2) is 0 Å². The Bertz CT molecular complexity index is 208. The predicted octanol–water partition coefficient (Wildman–Crippen LogP) is 3.37. The van der Waals surface area contributed by atoms with Crippen molar-refractivity contribution < 1.29 is 13.6 Å². The first-order chi connectivity index (χ1) is 7.49. The molecule has 0 fully saturated rings. The van der Waals surface area contributed by atoms with E-state index in [1.807, 2.05) is 6.92 Å². The van der Waals surface area contributed by atoms with Gasteiger partial charge in [0.2, 0.25) is 0 Å². The van der Waals surface area contributed by atoms with Crippen LogP contribution in [0.3, 0.4) is 0 Å². The molecule has 0 unspecified atom stereocenters. The van der Waals surface area contributed by atoms with Crippen molar-refractivity contribution in [2.45, 2.75) is 45.3 Å². The SMILES string of the molecule is CCCCCSC(F)(F)C(=O)N(CC)CC. The number of nitrogens with zero attached hydrogens (tertiary/aromatic N) is 1. The van der Waals surface area contributed by atoms with Gasteiger partial charge in [0.1, 0.15) is 0 Å². The van der Waals surface area contributed by atoms with E-state index >= 15 is 0 Å². The summed E-state index contributed by atoms with van der Waals surface area (Å²) in [5.41, 5.74) is 0. The minimum absolute atomic E-state index is 0.334. The second-order valence-electron chi connectivity index (χ2n) is 3.55. The fourth-order valence-corrected chi connectivity index (χ4v) is 2.17. The Labute approximate surface area is 101 Å². The van der Waals surface area contributed by atoms with E-state index in [4.69, 9.17) is 0 Å². The Morgan fingerprint density at radius 3 is 2.19 bits per heavy atom. The molecule has 0 bridgehead atoms. The summed E-state index contributed by atoms with van der Waals surface area (Å²) in [7, 11) is 0. The molecule has 0 radical (unpaired) electrons. The number of halogens is 2. The van der Waals surface area contributed by atoms with Gasteiger partial charge in [0.25, 0.3) is 0 Å². The lowest BCUT2D eigenvalue weighted by atomic mass is 10.3. The molecule has 0 aromatic carbocycles. The molecule has 16 heavy (non-hydrogen) atoms. The average molecular weight is 253 g/mol. The summed E-state index contributed by atoms with van der Waals surface area (Å²) < 4.78 is 26.9. The van der Waals surface area contributed by atoms with Crippen molar-refractivity contribution >= 4 is 17.7 Å². The molecule has 5 heteroatoms. The zero-order chi connectivity index (χ0) is 12.6. The number of hydrogen-bond acceptors (Lipinski definition) is 2. The minimum Gasteiger partial charge on any atom is -0.337 e. The molecule has 1 amide bonds. The Kier molecular flexibility index (Phi) is 7.72. The van der Waals surface area contributed by atoms with Crippen LogP contribution in [0, 0.1) is 0 Å². The first kappa shape index (κ1) is 15.7. The van der Waals surface area contributed by atoms with Crippen LogP contribution in [0.4, 0.5) is 8.78 Å². The molecule has 0 aromatic heterocycles. The standard InChI is InChI=1S/C11H21F2NOS/c1-4-7-8-9-16-11(12,13)10(15)14(5-2)6-3/h4-9H2,1-3H3. The predicted molar refractivity (Wildman–Crippen MR) is 64.9 cm³/mol. The number of carbonyl (C=O) groups excluding carboxylic acids is 1. The van der Waals surface area contributed by atoms with E-state index in [9.17, 15) is 13.6 Å². The van der Waals surface area contributed by atoms with Crippen LogP contribution in [0.5, 0.6) is 0 Å². The highest BCUT2D eigenvalue weighted by atomic mass is 32.2. The van der Waals surface area contributed by atoms with Gasteiger partial charge in [0, 0.05) is 13.1 Å². The molecule has 0 saturated carbocycles. The first-order valence-corrected chi connectivity index (χ1v) is 6.79. The van der Waals surface area contributed by atoms with Gasteiger partial charge in [-0.1, -0.05) is 31.5 Å². The molecule has 0 heterocycles. The van der Waals surface area contributed by atoms with E-state index in [2.05, 4.69) is 0 Å². The summed E-state index contributed by atoms with van der Waals surface area (Å²) >= 11 is 0.461. The van der Waals surface area contributed by atoms with Crippen LogP contribution in [-0.2, 0) is 4.79 Å². The summed E-state index contributed by atoms with van der Waals surface area (Å²) in [6, 6.07) is 0. The third-order valence-corrected chi connectivity index (χ3v) is 3.36. The van der Waals surface area contributed by atoms with Gasteiger partial charge in [0.15, 0.2) is 0 Å². The molecule has 0 saturated heterocycles. The smallest absolute Gasteiger partial charge is 0.337 e. The van der Waals surface area contributed by atoms with Crippen molar-refractivity contribution in [1.82, 2.24) is 4.90 Å². The van der Waals surface area contributed by atoms with E-state index in [-0.39, 0.29) is 0 Å². The fourth-order valence-electron chi connectivity index (χ4n) is 1.31. The molecule has 0 spiro atoms. The van der Waals surface area contributed by atoms with E-state index in [1.165, 1.54) is 4.90 Å². The molecule has 0 aliphatic heterocycles. The maximum absolute atomic E-state index is 13.4. The summed E-state index contributed by atoms with van der Waals surface area (Å²) in [6.07, 6.45) is 2.67. The van der Waals surface area contributed by atoms with E-state index in [1.54, 1.807) is 13.8 Å². The highest BCUT2D eigenvalue weighted by Crippen LogP contribution is 2.31. The van der Waals surface area contributed by atoms with Crippen LogP contribution >= 0.6 is 11.8 Å². The summed E-state index contributed by atoms with van der Waals surface area (Å²) in [5.74, 6) is -0.715. The maximum atomic E-state index is 13.4. The van der Waals surface area contributed by atoms with E-state index in [0.717, 1.165) is 19.3 Å². The van der Waals surface area contributed by atoms with Gasteiger partial charge in [-0.3, -0.25) is 4.79 Å². The lowest BCUT2D eigenvalue weighted by Gasteiger charge is -2.24. The van der Waals surface area contributed by atoms with Gasteiger partial charge in [-0.05, 0) is 26.0 Å². The van der Waals surface area contributed by atoms with Crippen LogP contribution in [0.2, 0.25) is 0 Å². The second-order valence-corrected chi connectivity index (χ2v) is 4.76. The first-order valence-electron chi connectivity index (χ1n) is 5.80. The van der Waals surface area contributed by atoms with Crippen LogP contribution in [-0.4, -0.2) is 34.9 Å². The number of carbonyl (C=O) groups is 1. The van der Waals surface area contributed by atoms with Crippen LogP contribution in [0.25, 0.3) is 0 Å². The van der Waals surface area contributed by atoms with Crippen LogP contribution < -0.4 is 0 Å². The number of rotatable bonds is 8. The van der Waals surface area contributed by atoms with E-state index in [0.29, 0.717) is 30.6 Å². The third-order valence-electron chi connectivity index (χ3n) is 2.33. The number of alkyl halides is 2. The lowest BCUT2D eigenvalue weighted by Crippen LogP contribution is -2.41. The van der Waals surface area contributed by atoms with Gasteiger partial charge in [0.05, 0.1) is 0 Å². The molecule has 0 aromatic rings. The van der Waals surface area contributed by atoms with Crippen LogP contribution in [0.1, 0.15) is 40.0 Å². The topological polar surface area (TPSA) is 20.3 Å². The van der Waals surface area contributed by atoms with Crippen LogP contribution in [0.15, 0.2) is 0 Å². The van der Waals surface area contributed by atoms with Gasteiger partial charge in [-0.2, -0.15) is 8.78 Å². The Morgan fingerprint density at radius 2 is 1.75 bits per heavy atom. The molecular formula is C11H21F2NOS. The molecule has 96 valence electrons. The quantitative estimate of drug-likeness (QED) is 0.618. The van der Waals surface area contributed by atoms with Crippen molar-refractivity contribution in [2.75, 3.05) is 18.8 Å². The molecule has 0 aliphatic carbocycles. The highest BCUT2D eigenvalue weighted by molar-refractivity contribution is 8.01. The summed E-state index contributed by atoms with van der Waals surface area (Å²) in [4.78, 5) is 12.6. The number of amides is 1. The Balaban J connectivity index is 4.13. The third kappa shape index (κ3) is 5.14. The minimum atomic E-state index is -3.26. The van der Waals surface area contributed by atoms with Gasteiger partial charge < -0.3 is 4.90 Å². The number of thioether (sulfide) groups is 1. The van der Waals surface area contributed by atoms with Crippen molar-refractivity contribution in [1.29, 1.82) is 0 Å². The molecule has 2 nitrogen and oxygen atoms in total. The number of hydrogen-bond donors (Lipinski definition) is 0. The highest BCUT2D eigenvalue weighted by Gasteiger charge is 2.41. The summed E-state index contributed by atoms with van der Waals surface area (Å²) in [5, 5.41) is -3.26. The normalized spacial score (nSPS) is 11.6. The zero-order valence-corrected chi connectivity index (χ0v) is 11.1. The Morgan fingerprint density at radius 1 is 1.19 bits per heavy atom. The number of unbranched alkanes of at least 4 members (excludes halogenated alkanes) is 2. The summed E-state index contributed by atoms with van der Waals surface area (Å²) in [6.45, 7) is 6.10. The monoisotopic (exact) mass is 253 g/mol. The molecule has 0 rings (SSSR count). The van der Waals surface area contributed by atoms with E-state index < -0.39 is 11.2 Å². The van der Waals surface area contributed by atoms with Crippen molar-refractivity contribution in [3.8, 4) is 0 Å². The van der Waals surface area contributed by atoms with Gasteiger partial charge >= 0.3 is 11.2 Å². The van der Waals surface area contributed by atoms with Crippen molar-refractivity contribution in [3.63, 3.8) is 0 Å². The lowest BCUT2D eigenvalue weighted by molar-refractivity contribution is -0.145. The fraction of sp³-hybridized carbons (Fsp3) is 0.909. The maximum Gasteiger partial charge on any atom is 0.370 e. The molecule has 0 atom stereocenters. The average Bonchev–Trinajstić information content (AvgIpc) is 2.26. The second kappa shape index (κ2) is 7.87. The zero-order valence-electron chi connectivity index (χ0n) is 10.3.